The van der Waals surface area contributed by atoms with E-state index in [2.05, 4.69) is 25.9 Å². The molecule has 0 unspecified atom stereocenters. The molecule has 1 N–H and O–H groups in total. The Morgan fingerprint density at radius 3 is 2.73 bits per heavy atom. The molecule has 1 aliphatic heterocycles. The van der Waals surface area contributed by atoms with E-state index >= 15 is 0 Å². The third-order valence-corrected chi connectivity index (χ3v) is 4.81. The number of H-pyrrole nitrogens is 1. The quantitative estimate of drug-likeness (QED) is 0.785. The summed E-state index contributed by atoms with van der Waals surface area (Å²) in [6.07, 6.45) is 7.26. The van der Waals surface area contributed by atoms with Crippen molar-refractivity contribution in [2.45, 2.75) is 25.3 Å². The highest BCUT2D eigenvalue weighted by atomic mass is 16.1. The first kappa shape index (κ1) is 16.6. The van der Waals surface area contributed by atoms with Crippen molar-refractivity contribution >= 4 is 0 Å². The van der Waals surface area contributed by atoms with Gasteiger partial charge in [0.05, 0.1) is 11.4 Å². The van der Waals surface area contributed by atoms with Crippen LogP contribution in [0.25, 0.3) is 11.4 Å². The molecule has 1 saturated heterocycles. The molecule has 1 fully saturated rings. The fourth-order valence-electron chi connectivity index (χ4n) is 3.43. The van der Waals surface area contributed by atoms with Gasteiger partial charge < -0.3 is 4.98 Å². The monoisotopic (exact) mass is 347 g/mol. The molecule has 0 spiro atoms. The second-order valence-electron chi connectivity index (χ2n) is 6.63. The molecule has 4 heterocycles. The predicted molar refractivity (Wildman–Crippen MR) is 99.6 cm³/mol. The van der Waals surface area contributed by atoms with Gasteiger partial charge in [-0.2, -0.15) is 0 Å². The molecule has 0 radical (unpaired) electrons. The average Bonchev–Trinajstić information content (AvgIpc) is 2.70. The van der Waals surface area contributed by atoms with E-state index in [9.17, 15) is 4.79 Å². The van der Waals surface area contributed by atoms with Gasteiger partial charge in [0.15, 0.2) is 0 Å². The van der Waals surface area contributed by atoms with Crippen molar-refractivity contribution in [3.63, 3.8) is 0 Å². The molecular weight excluding hydrogens is 326 g/mol. The molecule has 132 valence electrons. The van der Waals surface area contributed by atoms with Crippen LogP contribution in [-0.2, 0) is 6.54 Å². The Kier molecular flexibility index (Phi) is 4.84. The lowest BCUT2D eigenvalue weighted by Gasteiger charge is -2.31. The summed E-state index contributed by atoms with van der Waals surface area (Å²) in [5.74, 6) is 0.907. The molecule has 6 heteroatoms. The van der Waals surface area contributed by atoms with Gasteiger partial charge in [-0.15, -0.1) is 0 Å². The minimum absolute atomic E-state index is 0.107. The maximum atomic E-state index is 12.1. The maximum absolute atomic E-state index is 12.1. The molecule has 0 atom stereocenters. The highest BCUT2D eigenvalue weighted by molar-refractivity contribution is 5.52. The van der Waals surface area contributed by atoms with Gasteiger partial charge in [0.1, 0.15) is 5.82 Å². The first-order chi connectivity index (χ1) is 12.8. The summed E-state index contributed by atoms with van der Waals surface area (Å²) >= 11 is 0. The van der Waals surface area contributed by atoms with Crippen LogP contribution in [0, 0.1) is 0 Å². The number of nitrogens with one attached hydrogen (secondary N) is 1. The second-order valence-corrected chi connectivity index (χ2v) is 6.63. The summed E-state index contributed by atoms with van der Waals surface area (Å²) in [5.41, 5.74) is 2.70. The van der Waals surface area contributed by atoms with E-state index in [4.69, 9.17) is 4.98 Å². The normalized spacial score (nSPS) is 15.8. The Morgan fingerprint density at radius 2 is 2.00 bits per heavy atom. The van der Waals surface area contributed by atoms with Gasteiger partial charge in [0.2, 0.25) is 0 Å². The van der Waals surface area contributed by atoms with E-state index in [0.717, 1.165) is 49.4 Å². The second kappa shape index (κ2) is 7.58. The lowest BCUT2D eigenvalue weighted by atomic mass is 9.93. The molecule has 1 aliphatic rings. The van der Waals surface area contributed by atoms with Crippen molar-refractivity contribution in [1.82, 2.24) is 24.8 Å². The Balaban J connectivity index is 1.46. The SMILES string of the molecule is O=c1cc(C2CCN(Cc3ccccn3)CC2)nc(-c2cccnc2)[nH]1. The molecule has 0 aromatic carbocycles. The highest BCUT2D eigenvalue weighted by Gasteiger charge is 2.22. The molecule has 0 bridgehead atoms. The summed E-state index contributed by atoms with van der Waals surface area (Å²) in [4.78, 5) is 30.5. The van der Waals surface area contributed by atoms with Gasteiger partial charge in [0.25, 0.3) is 5.56 Å². The van der Waals surface area contributed by atoms with Gasteiger partial charge in [-0.05, 0) is 50.2 Å². The lowest BCUT2D eigenvalue weighted by molar-refractivity contribution is 0.201. The number of pyridine rings is 2. The third kappa shape index (κ3) is 3.86. The molecule has 0 aliphatic carbocycles. The van der Waals surface area contributed by atoms with Gasteiger partial charge in [-0.3, -0.25) is 19.7 Å². The minimum Gasteiger partial charge on any atom is -0.306 e. The number of rotatable bonds is 4. The standard InChI is InChI=1S/C20H21N5O/c26-19-12-18(23-20(24-19)16-4-3-8-21-13-16)15-6-10-25(11-7-15)14-17-5-1-2-9-22-17/h1-5,8-9,12-13,15H,6-7,10-11,14H2,(H,23,24,26). The van der Waals surface area contributed by atoms with Crippen molar-refractivity contribution in [3.8, 4) is 11.4 Å². The van der Waals surface area contributed by atoms with E-state index < -0.39 is 0 Å². The number of likely N-dealkylation sites (tertiary alicyclic amines) is 1. The summed E-state index contributed by atoms with van der Waals surface area (Å²) in [5, 5.41) is 0. The topological polar surface area (TPSA) is 74.8 Å². The number of piperidine rings is 1. The lowest BCUT2D eigenvalue weighted by Crippen LogP contribution is -2.33. The number of hydrogen-bond acceptors (Lipinski definition) is 5. The van der Waals surface area contributed by atoms with Crippen molar-refractivity contribution in [2.24, 2.45) is 0 Å². The van der Waals surface area contributed by atoms with E-state index in [-0.39, 0.29) is 5.56 Å². The molecule has 4 rings (SSSR count). The van der Waals surface area contributed by atoms with Crippen LogP contribution in [0.1, 0.15) is 30.1 Å². The van der Waals surface area contributed by atoms with Crippen molar-refractivity contribution in [2.75, 3.05) is 13.1 Å². The zero-order valence-electron chi connectivity index (χ0n) is 14.5. The van der Waals surface area contributed by atoms with Crippen LogP contribution >= 0.6 is 0 Å². The smallest absolute Gasteiger partial charge is 0.251 e. The fraction of sp³-hybridized carbons (Fsp3) is 0.300. The van der Waals surface area contributed by atoms with Gasteiger partial charge >= 0.3 is 0 Å². The third-order valence-electron chi connectivity index (χ3n) is 4.81. The number of aromatic nitrogens is 4. The first-order valence-corrected chi connectivity index (χ1v) is 8.92. The Morgan fingerprint density at radius 1 is 1.12 bits per heavy atom. The molecule has 3 aromatic rings. The van der Waals surface area contributed by atoms with Crippen LogP contribution in [0.5, 0.6) is 0 Å². The number of nitrogens with zero attached hydrogens (tertiary/aromatic N) is 4. The zero-order valence-corrected chi connectivity index (χ0v) is 14.5. The van der Waals surface area contributed by atoms with Crippen molar-refractivity contribution in [1.29, 1.82) is 0 Å². The van der Waals surface area contributed by atoms with Gasteiger partial charge in [-0.1, -0.05) is 6.07 Å². The largest absolute Gasteiger partial charge is 0.306 e. The van der Waals surface area contributed by atoms with Crippen LogP contribution in [0.2, 0.25) is 0 Å². The fourth-order valence-corrected chi connectivity index (χ4v) is 3.43. The average molecular weight is 347 g/mol. The maximum Gasteiger partial charge on any atom is 0.251 e. The van der Waals surface area contributed by atoms with Crippen molar-refractivity contribution < 1.29 is 0 Å². The van der Waals surface area contributed by atoms with Gasteiger partial charge in [0, 0.05) is 42.7 Å². The van der Waals surface area contributed by atoms with E-state index in [1.165, 1.54) is 0 Å². The van der Waals surface area contributed by atoms with E-state index in [1.54, 1.807) is 18.5 Å². The summed E-state index contributed by atoms with van der Waals surface area (Å²) in [6, 6.07) is 11.4. The molecule has 26 heavy (non-hydrogen) atoms. The van der Waals surface area contributed by atoms with E-state index in [0.29, 0.717) is 11.7 Å². The Bertz CT molecular complexity index is 902. The number of hydrogen-bond donors (Lipinski definition) is 1. The molecular formula is C20H21N5O. The Hall–Kier alpha value is -2.86. The summed E-state index contributed by atoms with van der Waals surface area (Å²) in [6.45, 7) is 2.84. The molecule has 3 aromatic heterocycles. The van der Waals surface area contributed by atoms with Crippen LogP contribution < -0.4 is 5.56 Å². The van der Waals surface area contributed by atoms with Gasteiger partial charge in [-0.25, -0.2) is 4.98 Å². The first-order valence-electron chi connectivity index (χ1n) is 8.92. The predicted octanol–water partition coefficient (Wildman–Crippen LogP) is 2.61. The highest BCUT2D eigenvalue weighted by Crippen LogP contribution is 2.27. The van der Waals surface area contributed by atoms with Crippen LogP contribution in [0.15, 0.2) is 59.8 Å². The molecule has 0 amide bonds. The van der Waals surface area contributed by atoms with Crippen molar-refractivity contribution in [3.05, 3.63) is 76.7 Å². The number of aromatic amines is 1. The zero-order chi connectivity index (χ0) is 17.8. The van der Waals surface area contributed by atoms with Crippen LogP contribution in [-0.4, -0.2) is 37.9 Å². The molecule has 6 nitrogen and oxygen atoms in total. The Labute approximate surface area is 152 Å². The van der Waals surface area contributed by atoms with Crippen LogP contribution in [0.4, 0.5) is 0 Å². The summed E-state index contributed by atoms with van der Waals surface area (Å²) in [7, 11) is 0. The van der Waals surface area contributed by atoms with E-state index in [1.807, 2.05) is 30.5 Å². The minimum atomic E-state index is -0.107. The van der Waals surface area contributed by atoms with Crippen LogP contribution in [0.3, 0.4) is 0 Å². The summed E-state index contributed by atoms with van der Waals surface area (Å²) < 4.78 is 0. The molecule has 0 saturated carbocycles.